The molecule has 0 bridgehead atoms. The molecule has 16 heavy (non-hydrogen) atoms. The zero-order valence-electron chi connectivity index (χ0n) is 10.5. The Labute approximate surface area is 98.4 Å². The van der Waals surface area contributed by atoms with Gasteiger partial charge in [0.2, 0.25) is 0 Å². The Morgan fingerprint density at radius 3 is 2.38 bits per heavy atom. The van der Waals surface area contributed by atoms with E-state index >= 15 is 0 Å². The van der Waals surface area contributed by atoms with Crippen LogP contribution in [0, 0.1) is 12.8 Å². The standard InChI is InChI=1S/C14H22N2/c1-10-6-4-5-7-13(10)14(16(2)3)11-8-12(15)9-11/h4-7,11-12,14H,8-9,15H2,1-3H3. The van der Waals surface area contributed by atoms with E-state index in [2.05, 4.69) is 50.2 Å². The molecule has 0 aliphatic heterocycles. The summed E-state index contributed by atoms with van der Waals surface area (Å²) in [5.41, 5.74) is 8.76. The monoisotopic (exact) mass is 218 g/mol. The van der Waals surface area contributed by atoms with Crippen LogP contribution >= 0.6 is 0 Å². The van der Waals surface area contributed by atoms with E-state index < -0.39 is 0 Å². The maximum absolute atomic E-state index is 5.90. The molecular weight excluding hydrogens is 196 g/mol. The normalized spacial score (nSPS) is 26.6. The molecule has 0 aromatic heterocycles. The lowest BCUT2D eigenvalue weighted by Crippen LogP contribution is -2.43. The summed E-state index contributed by atoms with van der Waals surface area (Å²) in [7, 11) is 4.34. The fourth-order valence-corrected chi connectivity index (χ4v) is 2.84. The third-order valence-electron chi connectivity index (χ3n) is 3.72. The Kier molecular flexibility index (Phi) is 3.31. The summed E-state index contributed by atoms with van der Waals surface area (Å²) in [4.78, 5) is 2.33. The van der Waals surface area contributed by atoms with Gasteiger partial charge in [0.25, 0.3) is 0 Å². The van der Waals surface area contributed by atoms with Crippen LogP contribution in [0.5, 0.6) is 0 Å². The lowest BCUT2D eigenvalue weighted by molar-refractivity contribution is 0.123. The van der Waals surface area contributed by atoms with Crippen LogP contribution in [0.2, 0.25) is 0 Å². The minimum absolute atomic E-state index is 0.427. The van der Waals surface area contributed by atoms with E-state index in [0.717, 1.165) is 18.8 Å². The van der Waals surface area contributed by atoms with Crippen LogP contribution in [0.3, 0.4) is 0 Å². The second-order valence-electron chi connectivity index (χ2n) is 5.26. The van der Waals surface area contributed by atoms with Crippen molar-refractivity contribution in [2.75, 3.05) is 14.1 Å². The van der Waals surface area contributed by atoms with Crippen molar-refractivity contribution >= 4 is 0 Å². The SMILES string of the molecule is Cc1ccccc1C(C1CC(N)C1)N(C)C. The van der Waals surface area contributed by atoms with Gasteiger partial charge in [0.05, 0.1) is 0 Å². The molecule has 1 aliphatic rings. The van der Waals surface area contributed by atoms with E-state index in [1.807, 2.05) is 0 Å². The molecule has 1 aromatic rings. The van der Waals surface area contributed by atoms with Gasteiger partial charge < -0.3 is 10.6 Å². The largest absolute Gasteiger partial charge is 0.328 e. The molecule has 2 rings (SSSR count). The van der Waals surface area contributed by atoms with Crippen molar-refractivity contribution in [1.29, 1.82) is 0 Å². The molecule has 2 nitrogen and oxygen atoms in total. The average molecular weight is 218 g/mol. The molecular formula is C14H22N2. The molecule has 0 spiro atoms. The molecule has 2 heteroatoms. The van der Waals surface area contributed by atoms with Crippen molar-refractivity contribution in [3.8, 4) is 0 Å². The zero-order valence-corrected chi connectivity index (χ0v) is 10.5. The summed E-state index contributed by atoms with van der Waals surface area (Å²) < 4.78 is 0. The predicted octanol–water partition coefficient (Wildman–Crippen LogP) is 2.34. The van der Waals surface area contributed by atoms with Crippen LogP contribution in [-0.4, -0.2) is 25.0 Å². The van der Waals surface area contributed by atoms with Gasteiger partial charge in [-0.15, -0.1) is 0 Å². The average Bonchev–Trinajstić information content (AvgIpc) is 2.18. The van der Waals surface area contributed by atoms with Crippen LogP contribution < -0.4 is 5.73 Å². The molecule has 88 valence electrons. The molecule has 0 amide bonds. The topological polar surface area (TPSA) is 29.3 Å². The van der Waals surface area contributed by atoms with E-state index in [-0.39, 0.29) is 0 Å². The van der Waals surface area contributed by atoms with Crippen molar-refractivity contribution in [2.45, 2.75) is 31.8 Å². The minimum atomic E-state index is 0.427. The first kappa shape index (κ1) is 11.6. The number of rotatable bonds is 3. The van der Waals surface area contributed by atoms with Crippen molar-refractivity contribution < 1.29 is 0 Å². The molecule has 1 saturated carbocycles. The molecule has 1 atom stereocenters. The van der Waals surface area contributed by atoms with Gasteiger partial charge in [-0.25, -0.2) is 0 Å². The van der Waals surface area contributed by atoms with Gasteiger partial charge >= 0.3 is 0 Å². The molecule has 1 unspecified atom stereocenters. The first-order chi connectivity index (χ1) is 7.59. The van der Waals surface area contributed by atoms with Gasteiger partial charge in [-0.1, -0.05) is 24.3 Å². The Hall–Kier alpha value is -0.860. The fourth-order valence-electron chi connectivity index (χ4n) is 2.84. The number of benzene rings is 1. The summed E-state index contributed by atoms with van der Waals surface area (Å²) in [5.74, 6) is 0.728. The summed E-state index contributed by atoms with van der Waals surface area (Å²) in [6.45, 7) is 2.20. The van der Waals surface area contributed by atoms with Crippen LogP contribution in [0.15, 0.2) is 24.3 Å². The smallest absolute Gasteiger partial charge is 0.0373 e. The summed E-state index contributed by atoms with van der Waals surface area (Å²) in [5, 5.41) is 0. The number of nitrogens with two attached hydrogens (primary N) is 1. The zero-order chi connectivity index (χ0) is 11.7. The molecule has 1 aliphatic carbocycles. The maximum atomic E-state index is 5.90. The lowest BCUT2D eigenvalue weighted by Gasteiger charge is -2.42. The molecule has 1 fully saturated rings. The Morgan fingerprint density at radius 2 is 1.88 bits per heavy atom. The van der Waals surface area contributed by atoms with Gasteiger partial charge in [0.15, 0.2) is 0 Å². The first-order valence-electron chi connectivity index (χ1n) is 6.07. The minimum Gasteiger partial charge on any atom is -0.328 e. The van der Waals surface area contributed by atoms with Crippen LogP contribution in [-0.2, 0) is 0 Å². The third-order valence-corrected chi connectivity index (χ3v) is 3.72. The molecule has 1 aromatic carbocycles. The van der Waals surface area contributed by atoms with E-state index in [4.69, 9.17) is 5.73 Å². The molecule has 0 saturated heterocycles. The summed E-state index contributed by atoms with van der Waals surface area (Å²) >= 11 is 0. The highest BCUT2D eigenvalue weighted by Crippen LogP contribution is 2.40. The second-order valence-corrected chi connectivity index (χ2v) is 5.26. The first-order valence-corrected chi connectivity index (χ1v) is 6.07. The predicted molar refractivity (Wildman–Crippen MR) is 68.3 cm³/mol. The molecule has 0 heterocycles. The third kappa shape index (κ3) is 2.13. The highest BCUT2D eigenvalue weighted by Gasteiger charge is 2.35. The highest BCUT2D eigenvalue weighted by molar-refractivity contribution is 5.29. The van der Waals surface area contributed by atoms with Gasteiger partial charge in [-0.2, -0.15) is 0 Å². The quantitative estimate of drug-likeness (QED) is 0.843. The maximum Gasteiger partial charge on any atom is 0.0373 e. The Bertz CT molecular complexity index is 354. The Morgan fingerprint density at radius 1 is 1.25 bits per heavy atom. The van der Waals surface area contributed by atoms with Crippen LogP contribution in [0.4, 0.5) is 0 Å². The van der Waals surface area contributed by atoms with Gasteiger partial charge in [-0.05, 0) is 50.9 Å². The van der Waals surface area contributed by atoms with Crippen LogP contribution in [0.25, 0.3) is 0 Å². The Balaban J connectivity index is 2.23. The van der Waals surface area contributed by atoms with Gasteiger partial charge in [-0.3, -0.25) is 0 Å². The number of nitrogens with zero attached hydrogens (tertiary/aromatic N) is 1. The number of hydrogen-bond acceptors (Lipinski definition) is 2. The van der Waals surface area contributed by atoms with Crippen LogP contribution in [0.1, 0.15) is 30.0 Å². The van der Waals surface area contributed by atoms with Crippen molar-refractivity contribution in [2.24, 2.45) is 11.7 Å². The van der Waals surface area contributed by atoms with E-state index in [1.165, 1.54) is 11.1 Å². The lowest BCUT2D eigenvalue weighted by atomic mass is 9.73. The van der Waals surface area contributed by atoms with Gasteiger partial charge in [0.1, 0.15) is 0 Å². The summed E-state index contributed by atoms with van der Waals surface area (Å²) in [6, 6.07) is 9.65. The fraction of sp³-hybridized carbons (Fsp3) is 0.571. The van der Waals surface area contributed by atoms with Crippen molar-refractivity contribution in [3.63, 3.8) is 0 Å². The van der Waals surface area contributed by atoms with Crippen molar-refractivity contribution in [3.05, 3.63) is 35.4 Å². The van der Waals surface area contributed by atoms with E-state index in [1.54, 1.807) is 0 Å². The summed E-state index contributed by atoms with van der Waals surface area (Å²) in [6.07, 6.45) is 2.33. The second kappa shape index (κ2) is 4.56. The molecule has 2 N–H and O–H groups in total. The molecule has 0 radical (unpaired) electrons. The van der Waals surface area contributed by atoms with E-state index in [9.17, 15) is 0 Å². The number of aryl methyl sites for hydroxylation is 1. The number of hydrogen-bond donors (Lipinski definition) is 1. The van der Waals surface area contributed by atoms with E-state index in [0.29, 0.717) is 12.1 Å². The van der Waals surface area contributed by atoms with Crippen molar-refractivity contribution in [1.82, 2.24) is 4.90 Å². The highest BCUT2D eigenvalue weighted by atomic mass is 15.1. The van der Waals surface area contributed by atoms with Gasteiger partial charge in [0, 0.05) is 12.1 Å².